The van der Waals surface area contributed by atoms with Crippen LogP contribution in [0.4, 0.5) is 4.79 Å². The minimum Gasteiger partial charge on any atom is -0.481 e. The predicted octanol–water partition coefficient (Wildman–Crippen LogP) is 3.86. The number of carbonyl (C=O) groups is 2. The molecule has 1 aromatic heterocycles. The van der Waals surface area contributed by atoms with Gasteiger partial charge in [-0.15, -0.1) is 0 Å². The summed E-state index contributed by atoms with van der Waals surface area (Å²) in [6, 6.07) is 19.7. The van der Waals surface area contributed by atoms with Gasteiger partial charge in [-0.05, 0) is 46.4 Å². The summed E-state index contributed by atoms with van der Waals surface area (Å²) in [5, 5.41) is 12.1. The number of benzene rings is 2. The Labute approximate surface area is 174 Å². The molecule has 3 aromatic rings. The second kappa shape index (κ2) is 8.78. The first-order valence-electron chi connectivity index (χ1n) is 9.84. The maximum Gasteiger partial charge on any atom is 0.407 e. The lowest BCUT2D eigenvalue weighted by atomic mass is 9.98. The fourth-order valence-electron chi connectivity index (χ4n) is 3.91. The second-order valence-corrected chi connectivity index (χ2v) is 7.30. The first kappa shape index (κ1) is 19.6. The number of rotatable bonds is 7. The third-order valence-electron chi connectivity index (χ3n) is 5.42. The highest BCUT2D eigenvalue weighted by atomic mass is 16.5. The Kier molecular flexibility index (Phi) is 5.75. The number of nitrogens with one attached hydrogen (secondary N) is 1. The van der Waals surface area contributed by atoms with E-state index in [0.717, 1.165) is 27.8 Å². The SMILES string of the molecule is O=C(NC[C@H](Cc1ccncc1)C(=O)O)OCC1c2ccccc2-c2ccccc21. The molecule has 30 heavy (non-hydrogen) atoms. The number of ether oxygens (including phenoxy) is 1. The molecule has 4 rings (SSSR count). The van der Waals surface area contributed by atoms with Crippen molar-refractivity contribution in [1.82, 2.24) is 10.3 Å². The van der Waals surface area contributed by atoms with Crippen LogP contribution in [0.15, 0.2) is 73.1 Å². The Balaban J connectivity index is 1.36. The van der Waals surface area contributed by atoms with Gasteiger partial charge in [0.15, 0.2) is 0 Å². The van der Waals surface area contributed by atoms with E-state index in [0.29, 0.717) is 6.42 Å². The summed E-state index contributed by atoms with van der Waals surface area (Å²) in [5.41, 5.74) is 5.43. The van der Waals surface area contributed by atoms with E-state index in [4.69, 9.17) is 4.74 Å². The summed E-state index contributed by atoms with van der Waals surface area (Å²) in [6.07, 6.45) is 2.93. The average Bonchev–Trinajstić information content (AvgIpc) is 3.09. The molecule has 1 heterocycles. The molecule has 6 nitrogen and oxygen atoms in total. The summed E-state index contributed by atoms with van der Waals surface area (Å²) in [7, 11) is 0. The number of aromatic nitrogens is 1. The molecule has 0 saturated carbocycles. The zero-order chi connectivity index (χ0) is 20.9. The molecule has 0 unspecified atom stereocenters. The fraction of sp³-hybridized carbons (Fsp3) is 0.208. The van der Waals surface area contributed by atoms with Crippen LogP contribution < -0.4 is 5.32 Å². The summed E-state index contributed by atoms with van der Waals surface area (Å²) >= 11 is 0. The molecule has 6 heteroatoms. The molecule has 0 fully saturated rings. The fourth-order valence-corrected chi connectivity index (χ4v) is 3.91. The highest BCUT2D eigenvalue weighted by Crippen LogP contribution is 2.44. The summed E-state index contributed by atoms with van der Waals surface area (Å²) in [6.45, 7) is 0.191. The van der Waals surface area contributed by atoms with E-state index in [1.165, 1.54) is 0 Å². The molecule has 0 spiro atoms. The van der Waals surface area contributed by atoms with Crippen LogP contribution in [0, 0.1) is 5.92 Å². The van der Waals surface area contributed by atoms with Gasteiger partial charge >= 0.3 is 12.1 Å². The highest BCUT2D eigenvalue weighted by molar-refractivity contribution is 5.79. The number of carbonyl (C=O) groups excluding carboxylic acids is 1. The van der Waals surface area contributed by atoms with Crippen LogP contribution in [0.1, 0.15) is 22.6 Å². The Hall–Kier alpha value is -3.67. The van der Waals surface area contributed by atoms with E-state index < -0.39 is 18.0 Å². The summed E-state index contributed by atoms with van der Waals surface area (Å²) in [5.74, 6) is -1.74. The molecule has 1 amide bonds. The van der Waals surface area contributed by atoms with Crippen molar-refractivity contribution in [2.24, 2.45) is 5.92 Å². The zero-order valence-electron chi connectivity index (χ0n) is 16.3. The normalized spacial score (nSPS) is 13.2. The number of hydrogen-bond acceptors (Lipinski definition) is 4. The lowest BCUT2D eigenvalue weighted by Gasteiger charge is -2.16. The van der Waals surface area contributed by atoms with Crippen molar-refractivity contribution >= 4 is 12.1 Å². The number of amides is 1. The van der Waals surface area contributed by atoms with Gasteiger partial charge in [0, 0.05) is 24.9 Å². The highest BCUT2D eigenvalue weighted by Gasteiger charge is 2.29. The van der Waals surface area contributed by atoms with Crippen LogP contribution in [0.5, 0.6) is 0 Å². The van der Waals surface area contributed by atoms with Gasteiger partial charge in [-0.3, -0.25) is 9.78 Å². The van der Waals surface area contributed by atoms with Crippen molar-refractivity contribution in [3.8, 4) is 11.1 Å². The number of hydrogen-bond donors (Lipinski definition) is 2. The van der Waals surface area contributed by atoms with E-state index in [9.17, 15) is 14.7 Å². The minimum atomic E-state index is -0.967. The molecule has 0 bridgehead atoms. The van der Waals surface area contributed by atoms with Crippen molar-refractivity contribution in [1.29, 1.82) is 0 Å². The lowest BCUT2D eigenvalue weighted by molar-refractivity contribution is -0.141. The maximum absolute atomic E-state index is 12.3. The van der Waals surface area contributed by atoms with Crippen molar-refractivity contribution in [3.05, 3.63) is 89.7 Å². The van der Waals surface area contributed by atoms with Crippen molar-refractivity contribution in [2.45, 2.75) is 12.3 Å². The maximum atomic E-state index is 12.3. The molecule has 0 aliphatic heterocycles. The van der Waals surface area contributed by atoms with Gasteiger partial charge in [0.25, 0.3) is 0 Å². The predicted molar refractivity (Wildman–Crippen MR) is 112 cm³/mol. The van der Waals surface area contributed by atoms with Gasteiger partial charge in [0.05, 0.1) is 5.92 Å². The molecule has 152 valence electrons. The number of alkyl carbamates (subject to hydrolysis) is 1. The Bertz CT molecular complexity index is 1010. The second-order valence-electron chi connectivity index (χ2n) is 7.30. The number of carboxylic acid groups (broad SMARTS) is 1. The van der Waals surface area contributed by atoms with Crippen molar-refractivity contribution < 1.29 is 19.4 Å². The largest absolute Gasteiger partial charge is 0.481 e. The van der Waals surface area contributed by atoms with E-state index in [1.54, 1.807) is 24.5 Å². The van der Waals surface area contributed by atoms with Crippen LogP contribution in [-0.2, 0) is 16.0 Å². The van der Waals surface area contributed by atoms with Gasteiger partial charge in [0.2, 0.25) is 0 Å². The Morgan fingerprint density at radius 3 is 2.17 bits per heavy atom. The molecule has 2 N–H and O–H groups in total. The van der Waals surface area contributed by atoms with Crippen LogP contribution in [0.3, 0.4) is 0 Å². The van der Waals surface area contributed by atoms with E-state index in [2.05, 4.69) is 34.6 Å². The van der Waals surface area contributed by atoms with Crippen LogP contribution in [0.2, 0.25) is 0 Å². The number of pyridine rings is 1. The molecular formula is C24H22N2O4. The quantitative estimate of drug-likeness (QED) is 0.626. The number of carboxylic acids is 1. The minimum absolute atomic E-state index is 0.00562. The number of fused-ring (bicyclic) bond motifs is 3. The van der Waals surface area contributed by atoms with Gasteiger partial charge in [-0.1, -0.05) is 48.5 Å². The monoisotopic (exact) mass is 402 g/mol. The smallest absolute Gasteiger partial charge is 0.407 e. The Morgan fingerprint density at radius 2 is 1.57 bits per heavy atom. The third-order valence-corrected chi connectivity index (χ3v) is 5.42. The summed E-state index contributed by atoms with van der Waals surface area (Å²) in [4.78, 5) is 27.7. The van der Waals surface area contributed by atoms with Crippen LogP contribution in [0.25, 0.3) is 11.1 Å². The van der Waals surface area contributed by atoms with Crippen LogP contribution >= 0.6 is 0 Å². The van der Waals surface area contributed by atoms with E-state index in [1.807, 2.05) is 24.3 Å². The standard InChI is InChI=1S/C24H22N2O4/c27-23(28)17(13-16-9-11-25-12-10-16)14-26-24(29)30-15-22-20-7-3-1-5-18(20)19-6-2-4-8-21(19)22/h1-12,17,22H,13-15H2,(H,26,29)(H,27,28)/t17-/m0/s1. The first-order chi connectivity index (χ1) is 14.6. The van der Waals surface area contributed by atoms with E-state index >= 15 is 0 Å². The molecule has 2 aromatic carbocycles. The van der Waals surface area contributed by atoms with Crippen molar-refractivity contribution in [3.63, 3.8) is 0 Å². The molecule has 1 aliphatic rings. The molecule has 0 radical (unpaired) electrons. The van der Waals surface area contributed by atoms with Gasteiger partial charge in [-0.25, -0.2) is 4.79 Å². The number of nitrogens with zero attached hydrogens (tertiary/aromatic N) is 1. The van der Waals surface area contributed by atoms with Crippen LogP contribution in [-0.4, -0.2) is 35.3 Å². The molecule has 1 aliphatic carbocycles. The molecule has 0 saturated heterocycles. The Morgan fingerprint density at radius 1 is 0.967 bits per heavy atom. The van der Waals surface area contributed by atoms with E-state index in [-0.39, 0.29) is 19.1 Å². The summed E-state index contributed by atoms with van der Waals surface area (Å²) < 4.78 is 5.47. The molecule has 1 atom stereocenters. The van der Waals surface area contributed by atoms with Gasteiger partial charge in [-0.2, -0.15) is 0 Å². The average molecular weight is 402 g/mol. The molecular weight excluding hydrogens is 380 g/mol. The zero-order valence-corrected chi connectivity index (χ0v) is 16.3. The van der Waals surface area contributed by atoms with Crippen molar-refractivity contribution in [2.75, 3.05) is 13.2 Å². The third kappa shape index (κ3) is 4.17. The number of aliphatic carboxylic acids is 1. The first-order valence-corrected chi connectivity index (χ1v) is 9.84. The van der Waals surface area contributed by atoms with Gasteiger partial charge in [0.1, 0.15) is 6.61 Å². The van der Waals surface area contributed by atoms with Gasteiger partial charge < -0.3 is 15.2 Å². The topological polar surface area (TPSA) is 88.5 Å². The lowest BCUT2D eigenvalue weighted by Crippen LogP contribution is -2.35.